The molecule has 1 aliphatic rings. The Kier molecular flexibility index (Phi) is 4.32. The van der Waals surface area contributed by atoms with Gasteiger partial charge in [0.25, 0.3) is 5.91 Å². The Labute approximate surface area is 149 Å². The number of fused-ring (bicyclic) bond motifs is 1. The first kappa shape index (κ1) is 16.2. The Morgan fingerprint density at radius 3 is 2.85 bits per heavy atom. The number of aromatic nitrogens is 4. The average molecular weight is 350 g/mol. The second kappa shape index (κ2) is 6.93. The summed E-state index contributed by atoms with van der Waals surface area (Å²) in [6, 6.07) is 9.47. The zero-order valence-corrected chi connectivity index (χ0v) is 14.0. The Morgan fingerprint density at radius 1 is 1.27 bits per heavy atom. The molecular formula is C18H18N6O2. The quantitative estimate of drug-likeness (QED) is 0.682. The molecule has 0 aliphatic carbocycles. The fourth-order valence-electron chi connectivity index (χ4n) is 2.99. The summed E-state index contributed by atoms with van der Waals surface area (Å²) in [6.07, 6.45) is 6.43. The fourth-order valence-corrected chi connectivity index (χ4v) is 2.99. The summed E-state index contributed by atoms with van der Waals surface area (Å²) in [7, 11) is 0. The molecule has 1 unspecified atom stereocenters. The van der Waals surface area contributed by atoms with Gasteiger partial charge in [-0.3, -0.25) is 9.36 Å². The van der Waals surface area contributed by atoms with E-state index in [1.807, 2.05) is 34.9 Å². The minimum absolute atomic E-state index is 0.0915. The first-order chi connectivity index (χ1) is 12.7. The highest BCUT2D eigenvalue weighted by Gasteiger charge is 2.23. The lowest BCUT2D eigenvalue weighted by atomic mass is 10.1. The minimum Gasteiger partial charge on any atom is -0.365 e. The van der Waals surface area contributed by atoms with Gasteiger partial charge >= 0.3 is 0 Å². The lowest BCUT2D eigenvalue weighted by molar-refractivity contribution is -0.112. The normalized spacial score (nSPS) is 17.5. The van der Waals surface area contributed by atoms with Gasteiger partial charge in [0.05, 0.1) is 11.9 Å². The number of nitrogens with one attached hydrogen (secondary N) is 1. The van der Waals surface area contributed by atoms with Gasteiger partial charge in [-0.1, -0.05) is 18.2 Å². The highest BCUT2D eigenvalue weighted by atomic mass is 16.5. The second-order valence-electron chi connectivity index (χ2n) is 5.95. The number of primary amides is 1. The lowest BCUT2D eigenvalue weighted by Crippen LogP contribution is -2.16. The number of carbonyl (C=O) groups excluding carboxylic acids is 1. The van der Waals surface area contributed by atoms with Crippen LogP contribution in [0.1, 0.15) is 24.8 Å². The molecule has 1 amide bonds. The standard InChI is InChI=1S/C18H18N6O2/c19-17(25)13(9-20-12-5-2-1-3-6-12)15-16-18(22-10-21-15)24(11-23-16)14-7-4-8-26-14/h1-3,5-6,9-11,14,20H,4,7-8H2,(H2,19,25)/b13-9-. The number of nitrogens with two attached hydrogens (primary N) is 1. The average Bonchev–Trinajstić information content (AvgIpc) is 3.32. The SMILES string of the molecule is NC(=O)/C(=C\Nc1ccccc1)c1ncnc2c1ncn2C1CCCO1. The van der Waals surface area contributed by atoms with Crippen LogP contribution in [0.2, 0.25) is 0 Å². The minimum atomic E-state index is -0.597. The van der Waals surface area contributed by atoms with Gasteiger partial charge in [0.15, 0.2) is 5.65 Å². The lowest BCUT2D eigenvalue weighted by Gasteiger charge is -2.11. The van der Waals surface area contributed by atoms with Crippen molar-refractivity contribution in [3.05, 3.63) is 54.9 Å². The summed E-state index contributed by atoms with van der Waals surface area (Å²) in [6.45, 7) is 0.718. The van der Waals surface area contributed by atoms with Gasteiger partial charge in [0.1, 0.15) is 23.8 Å². The highest BCUT2D eigenvalue weighted by Crippen LogP contribution is 2.28. The van der Waals surface area contributed by atoms with Crippen LogP contribution in [0, 0.1) is 0 Å². The van der Waals surface area contributed by atoms with Crippen molar-refractivity contribution in [1.29, 1.82) is 0 Å². The molecule has 2 aromatic heterocycles. The molecule has 8 heteroatoms. The van der Waals surface area contributed by atoms with Crippen LogP contribution in [-0.4, -0.2) is 32.0 Å². The molecule has 0 bridgehead atoms. The van der Waals surface area contributed by atoms with E-state index in [4.69, 9.17) is 10.5 Å². The molecule has 0 spiro atoms. The number of carbonyl (C=O) groups is 1. The van der Waals surface area contributed by atoms with Crippen molar-refractivity contribution in [3.63, 3.8) is 0 Å². The van der Waals surface area contributed by atoms with Crippen LogP contribution in [0.5, 0.6) is 0 Å². The summed E-state index contributed by atoms with van der Waals surface area (Å²) < 4.78 is 7.57. The molecule has 132 valence electrons. The largest absolute Gasteiger partial charge is 0.365 e. The van der Waals surface area contributed by atoms with E-state index >= 15 is 0 Å². The molecule has 3 aromatic rings. The summed E-state index contributed by atoms with van der Waals surface area (Å²) in [5.74, 6) is -0.597. The van der Waals surface area contributed by atoms with Crippen LogP contribution in [0.3, 0.4) is 0 Å². The molecular weight excluding hydrogens is 332 g/mol. The first-order valence-corrected chi connectivity index (χ1v) is 8.35. The van der Waals surface area contributed by atoms with E-state index in [1.54, 1.807) is 12.5 Å². The molecule has 0 radical (unpaired) electrons. The molecule has 1 saturated heterocycles. The van der Waals surface area contributed by atoms with Gasteiger partial charge in [-0.15, -0.1) is 0 Å². The third-order valence-electron chi connectivity index (χ3n) is 4.25. The second-order valence-corrected chi connectivity index (χ2v) is 5.95. The number of nitrogens with zero attached hydrogens (tertiary/aromatic N) is 4. The Hall–Kier alpha value is -3.26. The predicted molar refractivity (Wildman–Crippen MR) is 96.8 cm³/mol. The number of hydrogen-bond acceptors (Lipinski definition) is 6. The van der Waals surface area contributed by atoms with E-state index in [-0.39, 0.29) is 11.8 Å². The van der Waals surface area contributed by atoms with Crippen LogP contribution >= 0.6 is 0 Å². The predicted octanol–water partition coefficient (Wildman–Crippen LogP) is 2.07. The number of anilines is 1. The van der Waals surface area contributed by atoms with Crippen molar-refractivity contribution < 1.29 is 9.53 Å². The van der Waals surface area contributed by atoms with E-state index in [1.165, 1.54) is 6.33 Å². The summed E-state index contributed by atoms with van der Waals surface area (Å²) in [5, 5.41) is 3.07. The van der Waals surface area contributed by atoms with Crippen molar-refractivity contribution in [2.75, 3.05) is 11.9 Å². The van der Waals surface area contributed by atoms with E-state index < -0.39 is 5.91 Å². The molecule has 1 atom stereocenters. The third-order valence-corrected chi connectivity index (χ3v) is 4.25. The third kappa shape index (κ3) is 3.02. The zero-order chi connectivity index (χ0) is 17.9. The number of para-hydroxylation sites is 1. The number of amides is 1. The van der Waals surface area contributed by atoms with Gasteiger partial charge in [-0.25, -0.2) is 15.0 Å². The van der Waals surface area contributed by atoms with Crippen molar-refractivity contribution in [2.24, 2.45) is 5.73 Å². The summed E-state index contributed by atoms with van der Waals surface area (Å²) in [4.78, 5) is 25.0. The number of hydrogen-bond donors (Lipinski definition) is 2. The van der Waals surface area contributed by atoms with Crippen LogP contribution in [0.15, 0.2) is 49.2 Å². The molecule has 1 aliphatic heterocycles. The van der Waals surface area contributed by atoms with Crippen LogP contribution in [0.25, 0.3) is 16.7 Å². The topological polar surface area (TPSA) is 108 Å². The van der Waals surface area contributed by atoms with Gasteiger partial charge in [-0.05, 0) is 25.0 Å². The number of benzene rings is 1. The molecule has 3 heterocycles. The number of imidazole rings is 1. The number of ether oxygens (including phenoxy) is 1. The molecule has 4 rings (SSSR count). The van der Waals surface area contributed by atoms with Crippen molar-refractivity contribution in [1.82, 2.24) is 19.5 Å². The van der Waals surface area contributed by atoms with E-state index in [9.17, 15) is 4.79 Å². The molecule has 1 aromatic carbocycles. The van der Waals surface area contributed by atoms with Gasteiger partial charge in [0.2, 0.25) is 0 Å². The maximum atomic E-state index is 12.0. The Bertz CT molecular complexity index is 960. The van der Waals surface area contributed by atoms with E-state index in [0.29, 0.717) is 16.9 Å². The monoisotopic (exact) mass is 350 g/mol. The smallest absolute Gasteiger partial charge is 0.252 e. The molecule has 26 heavy (non-hydrogen) atoms. The maximum absolute atomic E-state index is 12.0. The highest BCUT2D eigenvalue weighted by molar-refractivity contribution is 6.20. The molecule has 3 N–H and O–H groups in total. The van der Waals surface area contributed by atoms with Gasteiger partial charge in [0, 0.05) is 18.5 Å². The fraction of sp³-hybridized carbons (Fsp3) is 0.222. The van der Waals surface area contributed by atoms with E-state index in [2.05, 4.69) is 20.3 Å². The van der Waals surface area contributed by atoms with E-state index in [0.717, 1.165) is 25.1 Å². The zero-order valence-electron chi connectivity index (χ0n) is 14.0. The Balaban J connectivity index is 1.74. The van der Waals surface area contributed by atoms with Crippen molar-refractivity contribution in [3.8, 4) is 0 Å². The van der Waals surface area contributed by atoms with Gasteiger partial charge in [-0.2, -0.15) is 0 Å². The van der Waals surface area contributed by atoms with Crippen LogP contribution in [-0.2, 0) is 9.53 Å². The number of rotatable bonds is 5. The first-order valence-electron chi connectivity index (χ1n) is 8.35. The molecule has 8 nitrogen and oxygen atoms in total. The summed E-state index contributed by atoms with van der Waals surface area (Å²) >= 11 is 0. The summed E-state index contributed by atoms with van der Waals surface area (Å²) in [5.41, 5.74) is 8.18. The maximum Gasteiger partial charge on any atom is 0.252 e. The molecule has 1 fully saturated rings. The van der Waals surface area contributed by atoms with Gasteiger partial charge < -0.3 is 15.8 Å². The molecule has 0 saturated carbocycles. The Morgan fingerprint density at radius 2 is 2.12 bits per heavy atom. The van der Waals surface area contributed by atoms with Crippen LogP contribution < -0.4 is 11.1 Å². The van der Waals surface area contributed by atoms with Crippen molar-refractivity contribution in [2.45, 2.75) is 19.1 Å². The van der Waals surface area contributed by atoms with Crippen molar-refractivity contribution >= 4 is 28.3 Å². The van der Waals surface area contributed by atoms with Crippen LogP contribution in [0.4, 0.5) is 5.69 Å².